The van der Waals surface area contributed by atoms with Crippen LogP contribution in [0.1, 0.15) is 31.3 Å². The molecule has 0 bridgehead atoms. The molecule has 1 rings (SSSR count). The van der Waals surface area contributed by atoms with Crippen molar-refractivity contribution in [2.24, 2.45) is 0 Å². The first kappa shape index (κ1) is 15.8. The molecule has 0 N–H and O–H groups in total. The Bertz CT molecular complexity index is 536. The van der Waals surface area contributed by atoms with E-state index in [-0.39, 0.29) is 11.7 Å². The molecule has 1 unspecified atom stereocenters. The summed E-state index contributed by atoms with van der Waals surface area (Å²) in [6.07, 6.45) is 4.27. The number of hydrogen-bond donors (Lipinski definition) is 0. The second-order valence-electron chi connectivity index (χ2n) is 4.26. The van der Waals surface area contributed by atoms with Gasteiger partial charge in [-0.3, -0.25) is 4.79 Å². The minimum Gasteiger partial charge on any atom is -0.466 e. The van der Waals surface area contributed by atoms with Crippen LogP contribution in [0.4, 0.5) is 0 Å². The number of hydrogen-bond acceptors (Lipinski definition) is 5. The molecule has 1 aromatic heterocycles. The SMILES string of the molecule is COC(=O)/C=C/C(=C/C(C)c1ccc(C)o1)OC(C)=O. The number of esters is 2. The summed E-state index contributed by atoms with van der Waals surface area (Å²) in [6, 6.07) is 3.71. The summed E-state index contributed by atoms with van der Waals surface area (Å²) >= 11 is 0. The van der Waals surface area contributed by atoms with Crippen molar-refractivity contribution in [3.8, 4) is 0 Å². The van der Waals surface area contributed by atoms with Crippen LogP contribution in [-0.2, 0) is 19.1 Å². The summed E-state index contributed by atoms with van der Waals surface area (Å²) in [5, 5.41) is 0. The quantitative estimate of drug-likeness (QED) is 0.358. The Morgan fingerprint density at radius 3 is 2.50 bits per heavy atom. The Hall–Kier alpha value is -2.30. The number of ether oxygens (including phenoxy) is 2. The fourth-order valence-electron chi connectivity index (χ4n) is 1.53. The molecule has 1 heterocycles. The molecule has 0 radical (unpaired) electrons. The van der Waals surface area contributed by atoms with Crippen molar-refractivity contribution in [3.05, 3.63) is 47.6 Å². The third kappa shape index (κ3) is 5.14. The van der Waals surface area contributed by atoms with Gasteiger partial charge in [-0.1, -0.05) is 6.92 Å². The van der Waals surface area contributed by atoms with E-state index >= 15 is 0 Å². The molecule has 0 aliphatic carbocycles. The van der Waals surface area contributed by atoms with Gasteiger partial charge in [0, 0.05) is 18.9 Å². The summed E-state index contributed by atoms with van der Waals surface area (Å²) < 4.78 is 15.0. The Labute approximate surface area is 117 Å². The van der Waals surface area contributed by atoms with E-state index in [1.807, 2.05) is 26.0 Å². The van der Waals surface area contributed by atoms with Crippen molar-refractivity contribution >= 4 is 11.9 Å². The standard InChI is InChI=1S/C15H18O5/c1-10(14-7-5-11(2)19-14)9-13(20-12(3)16)6-8-15(17)18-4/h5-10H,1-4H3/b8-6+,13-9-. The molecule has 0 saturated heterocycles. The van der Waals surface area contributed by atoms with Crippen LogP contribution in [0.25, 0.3) is 0 Å². The largest absolute Gasteiger partial charge is 0.466 e. The van der Waals surface area contributed by atoms with Crippen LogP contribution < -0.4 is 0 Å². The van der Waals surface area contributed by atoms with Gasteiger partial charge < -0.3 is 13.9 Å². The molecule has 1 aromatic rings. The number of methoxy groups -OCH3 is 1. The number of allylic oxidation sites excluding steroid dienone is 2. The molecular weight excluding hydrogens is 260 g/mol. The third-order valence-corrected chi connectivity index (χ3v) is 2.47. The van der Waals surface area contributed by atoms with Crippen LogP contribution in [0.15, 0.2) is 40.5 Å². The van der Waals surface area contributed by atoms with Gasteiger partial charge in [-0.2, -0.15) is 0 Å². The Morgan fingerprint density at radius 1 is 1.30 bits per heavy atom. The first-order chi connectivity index (χ1) is 9.42. The van der Waals surface area contributed by atoms with Crippen LogP contribution in [0.3, 0.4) is 0 Å². The van der Waals surface area contributed by atoms with Crippen molar-refractivity contribution in [1.29, 1.82) is 0 Å². The third-order valence-electron chi connectivity index (χ3n) is 2.47. The fourth-order valence-corrected chi connectivity index (χ4v) is 1.53. The fraction of sp³-hybridized carbons (Fsp3) is 0.333. The van der Waals surface area contributed by atoms with Gasteiger partial charge in [-0.05, 0) is 31.2 Å². The zero-order valence-electron chi connectivity index (χ0n) is 12.0. The van der Waals surface area contributed by atoms with Crippen LogP contribution in [-0.4, -0.2) is 19.0 Å². The Balaban J connectivity index is 2.91. The lowest BCUT2D eigenvalue weighted by molar-refractivity contribution is -0.137. The molecule has 5 heteroatoms. The lowest BCUT2D eigenvalue weighted by atomic mass is 10.1. The van der Waals surface area contributed by atoms with Crippen LogP contribution in [0.2, 0.25) is 0 Å². The van der Waals surface area contributed by atoms with E-state index in [1.54, 1.807) is 6.08 Å². The normalized spacial score (nSPS) is 13.3. The molecule has 0 spiro atoms. The molecule has 20 heavy (non-hydrogen) atoms. The zero-order valence-corrected chi connectivity index (χ0v) is 12.0. The highest BCUT2D eigenvalue weighted by molar-refractivity contribution is 5.82. The zero-order chi connectivity index (χ0) is 15.1. The molecule has 0 fully saturated rings. The minimum absolute atomic E-state index is 0.0969. The number of aryl methyl sites for hydroxylation is 1. The van der Waals surface area contributed by atoms with E-state index in [0.29, 0.717) is 0 Å². The summed E-state index contributed by atoms with van der Waals surface area (Å²) in [5.41, 5.74) is 0. The maximum absolute atomic E-state index is 11.1. The Morgan fingerprint density at radius 2 is 2.00 bits per heavy atom. The van der Waals surface area contributed by atoms with E-state index in [9.17, 15) is 9.59 Å². The summed E-state index contributed by atoms with van der Waals surface area (Å²) in [6.45, 7) is 5.04. The highest BCUT2D eigenvalue weighted by Gasteiger charge is 2.09. The molecule has 0 aromatic carbocycles. The molecular formula is C15H18O5. The van der Waals surface area contributed by atoms with Crippen molar-refractivity contribution in [3.63, 3.8) is 0 Å². The van der Waals surface area contributed by atoms with Crippen LogP contribution >= 0.6 is 0 Å². The maximum Gasteiger partial charge on any atom is 0.330 e. The van der Waals surface area contributed by atoms with Gasteiger partial charge in [-0.15, -0.1) is 0 Å². The first-order valence-corrected chi connectivity index (χ1v) is 6.15. The molecule has 0 saturated carbocycles. The van der Waals surface area contributed by atoms with E-state index in [4.69, 9.17) is 9.15 Å². The summed E-state index contributed by atoms with van der Waals surface area (Å²) in [7, 11) is 1.27. The van der Waals surface area contributed by atoms with Crippen molar-refractivity contribution in [2.45, 2.75) is 26.7 Å². The average Bonchev–Trinajstić information content (AvgIpc) is 2.81. The predicted octanol–water partition coefficient (Wildman–Crippen LogP) is 2.87. The van der Waals surface area contributed by atoms with Crippen LogP contribution in [0, 0.1) is 6.92 Å². The lowest BCUT2D eigenvalue weighted by Gasteiger charge is -2.06. The minimum atomic E-state index is -0.524. The first-order valence-electron chi connectivity index (χ1n) is 6.15. The van der Waals surface area contributed by atoms with E-state index in [2.05, 4.69) is 4.74 Å². The van der Waals surface area contributed by atoms with Gasteiger partial charge in [0.15, 0.2) is 0 Å². The smallest absolute Gasteiger partial charge is 0.330 e. The van der Waals surface area contributed by atoms with Crippen molar-refractivity contribution < 1.29 is 23.5 Å². The van der Waals surface area contributed by atoms with E-state index in [1.165, 1.54) is 26.2 Å². The average molecular weight is 278 g/mol. The highest BCUT2D eigenvalue weighted by Crippen LogP contribution is 2.21. The molecule has 0 amide bonds. The maximum atomic E-state index is 11.1. The predicted molar refractivity (Wildman–Crippen MR) is 72.9 cm³/mol. The number of rotatable bonds is 5. The number of carbonyl (C=O) groups excluding carboxylic acids is 2. The van der Waals surface area contributed by atoms with Gasteiger partial charge in [0.1, 0.15) is 17.3 Å². The van der Waals surface area contributed by atoms with Crippen molar-refractivity contribution in [2.75, 3.05) is 7.11 Å². The van der Waals surface area contributed by atoms with Gasteiger partial charge in [0.25, 0.3) is 0 Å². The molecule has 0 aliphatic heterocycles. The van der Waals surface area contributed by atoms with Gasteiger partial charge in [0.05, 0.1) is 7.11 Å². The molecule has 1 atom stereocenters. The van der Waals surface area contributed by atoms with E-state index < -0.39 is 11.9 Å². The summed E-state index contributed by atoms with van der Waals surface area (Å²) in [4.78, 5) is 22.1. The topological polar surface area (TPSA) is 65.7 Å². The lowest BCUT2D eigenvalue weighted by Crippen LogP contribution is -2.01. The van der Waals surface area contributed by atoms with Crippen LogP contribution in [0.5, 0.6) is 0 Å². The van der Waals surface area contributed by atoms with Crippen molar-refractivity contribution in [1.82, 2.24) is 0 Å². The Kier molecular flexibility index (Phi) is 5.77. The second-order valence-corrected chi connectivity index (χ2v) is 4.26. The second kappa shape index (κ2) is 7.33. The van der Waals surface area contributed by atoms with E-state index in [0.717, 1.165) is 11.5 Å². The highest BCUT2D eigenvalue weighted by atomic mass is 16.5. The monoisotopic (exact) mass is 278 g/mol. The molecule has 5 nitrogen and oxygen atoms in total. The summed E-state index contributed by atoms with van der Waals surface area (Å²) in [5.74, 6) is 0.737. The van der Waals surface area contributed by atoms with Gasteiger partial charge >= 0.3 is 11.9 Å². The van der Waals surface area contributed by atoms with Gasteiger partial charge in [-0.25, -0.2) is 4.79 Å². The number of carbonyl (C=O) groups is 2. The molecule has 0 aliphatic rings. The molecule has 108 valence electrons. The van der Waals surface area contributed by atoms with Gasteiger partial charge in [0.2, 0.25) is 0 Å². The number of furan rings is 1.